The van der Waals surface area contributed by atoms with Gasteiger partial charge in [0, 0.05) is 12.0 Å². The number of aromatic nitrogens is 2. The lowest BCUT2D eigenvalue weighted by Crippen LogP contribution is -1.95. The molecule has 0 amide bonds. The zero-order chi connectivity index (χ0) is 13.7. The molecule has 0 bridgehead atoms. The molecule has 1 aromatic carbocycles. The summed E-state index contributed by atoms with van der Waals surface area (Å²) in [6.07, 6.45) is 4.86. The van der Waals surface area contributed by atoms with Gasteiger partial charge in [-0.05, 0) is 11.6 Å². The van der Waals surface area contributed by atoms with Crippen molar-refractivity contribution in [2.45, 2.75) is 6.42 Å². The first-order valence-corrected chi connectivity index (χ1v) is 5.70. The number of aromatic amines is 1. The minimum atomic E-state index is -1.04. The summed E-state index contributed by atoms with van der Waals surface area (Å²) in [7, 11) is 0. The lowest BCUT2D eigenvalue weighted by molar-refractivity contribution is -0.107. The highest BCUT2D eigenvalue weighted by molar-refractivity contribution is 5.86. The van der Waals surface area contributed by atoms with Crippen LogP contribution in [0.5, 0.6) is 0 Å². The normalized spacial score (nSPS) is 10.7. The highest BCUT2D eigenvalue weighted by Gasteiger charge is 2.08. The molecule has 0 aliphatic rings. The van der Waals surface area contributed by atoms with Crippen LogP contribution in [0.15, 0.2) is 36.4 Å². The van der Waals surface area contributed by atoms with Gasteiger partial charge in [0.15, 0.2) is 0 Å². The minimum Gasteiger partial charge on any atom is -0.477 e. The standard InChI is InChI=1S/C14H12N2O3/c17-8-2-1-3-10-4-6-11(7-5-10)12-9-13(14(18)19)16-15-12/h1,3-9H,2H2,(H,15,16)(H,18,19). The molecule has 0 unspecified atom stereocenters. The van der Waals surface area contributed by atoms with Crippen molar-refractivity contribution in [3.8, 4) is 11.3 Å². The number of carbonyl (C=O) groups is 2. The lowest BCUT2D eigenvalue weighted by atomic mass is 10.1. The Labute approximate surface area is 109 Å². The second kappa shape index (κ2) is 5.77. The average Bonchev–Trinajstić information content (AvgIpc) is 2.90. The van der Waals surface area contributed by atoms with E-state index in [2.05, 4.69) is 10.2 Å². The number of allylic oxidation sites excluding steroid dienone is 1. The third-order valence-corrected chi connectivity index (χ3v) is 2.56. The SMILES string of the molecule is O=CCC=Cc1ccc(-c2cc(C(=O)O)[nH]n2)cc1. The fourth-order valence-corrected chi connectivity index (χ4v) is 1.60. The molecular formula is C14H12N2O3. The number of carboxylic acid groups (broad SMARTS) is 1. The number of nitrogens with one attached hydrogen (secondary N) is 1. The van der Waals surface area contributed by atoms with E-state index < -0.39 is 5.97 Å². The zero-order valence-corrected chi connectivity index (χ0v) is 10.0. The molecule has 0 aliphatic carbocycles. The molecule has 0 aliphatic heterocycles. The summed E-state index contributed by atoms with van der Waals surface area (Å²) < 4.78 is 0. The summed E-state index contributed by atoms with van der Waals surface area (Å²) in [5.41, 5.74) is 2.45. The van der Waals surface area contributed by atoms with Crippen LogP contribution in [0.3, 0.4) is 0 Å². The number of hydrogen-bond donors (Lipinski definition) is 2. The Kier molecular flexibility index (Phi) is 3.87. The minimum absolute atomic E-state index is 0.0601. The number of nitrogens with zero attached hydrogens (tertiary/aromatic N) is 1. The molecule has 0 spiro atoms. The fourth-order valence-electron chi connectivity index (χ4n) is 1.60. The molecule has 0 saturated heterocycles. The van der Waals surface area contributed by atoms with E-state index in [-0.39, 0.29) is 5.69 Å². The van der Waals surface area contributed by atoms with Gasteiger partial charge in [0.2, 0.25) is 0 Å². The predicted octanol–water partition coefficient (Wildman–Crippen LogP) is 2.38. The quantitative estimate of drug-likeness (QED) is 0.804. The van der Waals surface area contributed by atoms with E-state index in [1.54, 1.807) is 6.08 Å². The predicted molar refractivity (Wildman–Crippen MR) is 70.7 cm³/mol. The van der Waals surface area contributed by atoms with Crippen LogP contribution in [0.2, 0.25) is 0 Å². The average molecular weight is 256 g/mol. The highest BCUT2D eigenvalue weighted by Crippen LogP contribution is 2.18. The topological polar surface area (TPSA) is 83.0 Å². The third kappa shape index (κ3) is 3.16. The van der Waals surface area contributed by atoms with Crippen molar-refractivity contribution < 1.29 is 14.7 Å². The fraction of sp³-hybridized carbons (Fsp3) is 0.0714. The van der Waals surface area contributed by atoms with Gasteiger partial charge in [-0.3, -0.25) is 5.10 Å². The maximum absolute atomic E-state index is 10.7. The zero-order valence-electron chi connectivity index (χ0n) is 10.0. The van der Waals surface area contributed by atoms with Crippen LogP contribution in [0.25, 0.3) is 17.3 Å². The number of benzene rings is 1. The molecular weight excluding hydrogens is 244 g/mol. The van der Waals surface area contributed by atoms with Gasteiger partial charge >= 0.3 is 5.97 Å². The highest BCUT2D eigenvalue weighted by atomic mass is 16.4. The first-order chi connectivity index (χ1) is 9.20. The smallest absolute Gasteiger partial charge is 0.353 e. The Balaban J connectivity index is 2.17. The van der Waals surface area contributed by atoms with Crippen molar-refractivity contribution in [3.63, 3.8) is 0 Å². The number of carbonyl (C=O) groups excluding carboxylic acids is 1. The molecule has 19 heavy (non-hydrogen) atoms. The van der Waals surface area contributed by atoms with E-state index >= 15 is 0 Å². The third-order valence-electron chi connectivity index (χ3n) is 2.56. The summed E-state index contributed by atoms with van der Waals surface area (Å²) in [6.45, 7) is 0. The van der Waals surface area contributed by atoms with E-state index in [0.717, 1.165) is 17.4 Å². The maximum Gasteiger partial charge on any atom is 0.353 e. The summed E-state index contributed by atoms with van der Waals surface area (Å²) in [4.78, 5) is 20.9. The van der Waals surface area contributed by atoms with E-state index in [1.165, 1.54) is 6.07 Å². The van der Waals surface area contributed by atoms with Crippen molar-refractivity contribution in [1.29, 1.82) is 0 Å². The van der Waals surface area contributed by atoms with Gasteiger partial charge < -0.3 is 9.90 Å². The molecule has 5 nitrogen and oxygen atoms in total. The van der Waals surface area contributed by atoms with Gasteiger partial charge in [-0.2, -0.15) is 5.10 Å². The largest absolute Gasteiger partial charge is 0.477 e. The van der Waals surface area contributed by atoms with Crippen LogP contribution in [-0.2, 0) is 4.79 Å². The molecule has 2 N–H and O–H groups in total. The first kappa shape index (κ1) is 12.8. The summed E-state index contributed by atoms with van der Waals surface area (Å²) in [5, 5.41) is 15.2. The van der Waals surface area contributed by atoms with E-state index in [9.17, 15) is 9.59 Å². The van der Waals surface area contributed by atoms with Crippen LogP contribution in [0.1, 0.15) is 22.5 Å². The second-order valence-electron chi connectivity index (χ2n) is 3.90. The van der Waals surface area contributed by atoms with Crippen LogP contribution >= 0.6 is 0 Å². The number of H-pyrrole nitrogens is 1. The number of hydrogen-bond acceptors (Lipinski definition) is 3. The molecule has 0 saturated carbocycles. The van der Waals surface area contributed by atoms with E-state index in [0.29, 0.717) is 12.1 Å². The monoisotopic (exact) mass is 256 g/mol. The number of carboxylic acids is 1. The van der Waals surface area contributed by atoms with E-state index in [4.69, 9.17) is 5.11 Å². The summed E-state index contributed by atoms with van der Waals surface area (Å²) in [5.74, 6) is -1.04. The van der Waals surface area contributed by atoms with Crippen molar-refractivity contribution in [2.24, 2.45) is 0 Å². The van der Waals surface area contributed by atoms with Crippen molar-refractivity contribution in [2.75, 3.05) is 0 Å². The molecule has 5 heteroatoms. The Morgan fingerprint density at radius 2 is 2.05 bits per heavy atom. The molecule has 2 aromatic rings. The Morgan fingerprint density at radius 1 is 1.32 bits per heavy atom. The van der Waals surface area contributed by atoms with Crippen LogP contribution in [0, 0.1) is 0 Å². The Bertz CT molecular complexity index is 612. The molecule has 96 valence electrons. The molecule has 2 rings (SSSR count). The van der Waals surface area contributed by atoms with Crippen molar-refractivity contribution in [1.82, 2.24) is 10.2 Å². The number of rotatable bonds is 5. The van der Waals surface area contributed by atoms with Crippen LogP contribution < -0.4 is 0 Å². The van der Waals surface area contributed by atoms with Gasteiger partial charge in [-0.15, -0.1) is 0 Å². The molecule has 1 heterocycles. The van der Waals surface area contributed by atoms with Gasteiger partial charge in [0.25, 0.3) is 0 Å². The number of aromatic carboxylic acids is 1. The molecule has 0 radical (unpaired) electrons. The Hall–Kier alpha value is -2.69. The summed E-state index contributed by atoms with van der Waals surface area (Å²) >= 11 is 0. The summed E-state index contributed by atoms with van der Waals surface area (Å²) in [6, 6.07) is 8.95. The van der Waals surface area contributed by atoms with Crippen molar-refractivity contribution >= 4 is 18.3 Å². The number of aldehydes is 1. The lowest BCUT2D eigenvalue weighted by Gasteiger charge is -1.97. The van der Waals surface area contributed by atoms with Gasteiger partial charge in [0.1, 0.15) is 12.0 Å². The molecule has 1 aromatic heterocycles. The van der Waals surface area contributed by atoms with Gasteiger partial charge in [0.05, 0.1) is 5.69 Å². The first-order valence-electron chi connectivity index (χ1n) is 5.70. The van der Waals surface area contributed by atoms with Gasteiger partial charge in [-0.1, -0.05) is 36.4 Å². The van der Waals surface area contributed by atoms with Crippen LogP contribution in [-0.4, -0.2) is 27.6 Å². The molecule has 0 fully saturated rings. The van der Waals surface area contributed by atoms with Crippen molar-refractivity contribution in [3.05, 3.63) is 47.7 Å². The molecule has 0 atom stereocenters. The second-order valence-corrected chi connectivity index (χ2v) is 3.90. The van der Waals surface area contributed by atoms with Gasteiger partial charge in [-0.25, -0.2) is 4.79 Å². The maximum atomic E-state index is 10.7. The Morgan fingerprint density at radius 3 is 2.63 bits per heavy atom. The van der Waals surface area contributed by atoms with Crippen LogP contribution in [0.4, 0.5) is 0 Å². The van der Waals surface area contributed by atoms with E-state index in [1.807, 2.05) is 30.3 Å².